The Morgan fingerprint density at radius 1 is 1.53 bits per heavy atom. The van der Waals surface area contributed by atoms with Crippen LogP contribution in [0.4, 0.5) is 0 Å². The number of hydrogen-bond acceptors (Lipinski definition) is 3. The molecule has 2 unspecified atom stereocenters. The molecule has 1 saturated heterocycles. The molecule has 1 aliphatic rings. The Bertz CT molecular complexity index is 163. The number of halogens is 1. The predicted molar refractivity (Wildman–Crippen MR) is 62.6 cm³/mol. The molecule has 1 rings (SSSR count). The van der Waals surface area contributed by atoms with Gasteiger partial charge in [-0.25, -0.2) is 0 Å². The topological polar surface area (TPSA) is 21.7 Å². The summed E-state index contributed by atoms with van der Waals surface area (Å²) in [7, 11) is 3.77. The summed E-state index contributed by atoms with van der Waals surface area (Å²) in [6, 6.07) is 0. The van der Waals surface area contributed by atoms with Gasteiger partial charge >= 0.3 is 0 Å². The Morgan fingerprint density at radius 2 is 2.33 bits per heavy atom. The molecule has 1 fully saturated rings. The number of nitrogens with zero attached hydrogens (tertiary/aromatic N) is 1. The minimum absolute atomic E-state index is 0.0728. The standard InChI is InChI=1S/C11H22ClNO2/c1-13(7-10(12)9-14-2)8-11-5-3-4-6-15-11/h10-11H,3-9H2,1-2H3. The highest BCUT2D eigenvalue weighted by Gasteiger charge is 2.17. The second-order valence-electron chi connectivity index (χ2n) is 4.26. The van der Waals surface area contributed by atoms with Gasteiger partial charge in [0.05, 0.1) is 18.1 Å². The smallest absolute Gasteiger partial charge is 0.0701 e. The van der Waals surface area contributed by atoms with Crippen molar-refractivity contribution in [3.8, 4) is 0 Å². The molecule has 1 heterocycles. The van der Waals surface area contributed by atoms with Gasteiger partial charge < -0.3 is 14.4 Å². The average molecular weight is 236 g/mol. The van der Waals surface area contributed by atoms with Crippen molar-refractivity contribution < 1.29 is 9.47 Å². The van der Waals surface area contributed by atoms with Gasteiger partial charge in [0, 0.05) is 26.8 Å². The first kappa shape index (κ1) is 13.2. The van der Waals surface area contributed by atoms with Crippen LogP contribution in [-0.2, 0) is 9.47 Å². The molecule has 1 aliphatic heterocycles. The average Bonchev–Trinajstić information content (AvgIpc) is 2.19. The third-order valence-corrected chi connectivity index (χ3v) is 2.91. The zero-order chi connectivity index (χ0) is 11.1. The van der Waals surface area contributed by atoms with Crippen LogP contribution in [-0.4, -0.2) is 56.8 Å². The van der Waals surface area contributed by atoms with Crippen molar-refractivity contribution in [3.05, 3.63) is 0 Å². The lowest BCUT2D eigenvalue weighted by Crippen LogP contribution is -2.37. The van der Waals surface area contributed by atoms with E-state index in [1.165, 1.54) is 19.3 Å². The van der Waals surface area contributed by atoms with Crippen LogP contribution >= 0.6 is 11.6 Å². The van der Waals surface area contributed by atoms with Crippen LogP contribution < -0.4 is 0 Å². The summed E-state index contributed by atoms with van der Waals surface area (Å²) in [5.41, 5.74) is 0. The maximum atomic E-state index is 6.09. The summed E-state index contributed by atoms with van der Waals surface area (Å²) in [6.45, 7) is 3.36. The van der Waals surface area contributed by atoms with Crippen LogP contribution in [0.5, 0.6) is 0 Å². The van der Waals surface area contributed by atoms with E-state index in [2.05, 4.69) is 11.9 Å². The second-order valence-corrected chi connectivity index (χ2v) is 4.88. The molecule has 2 atom stereocenters. The number of methoxy groups -OCH3 is 1. The first-order chi connectivity index (χ1) is 7.22. The van der Waals surface area contributed by atoms with Crippen molar-refractivity contribution >= 4 is 11.6 Å². The van der Waals surface area contributed by atoms with Crippen molar-refractivity contribution in [1.82, 2.24) is 4.90 Å². The minimum Gasteiger partial charge on any atom is -0.383 e. The summed E-state index contributed by atoms with van der Waals surface area (Å²) < 4.78 is 10.7. The first-order valence-electron chi connectivity index (χ1n) is 5.65. The summed E-state index contributed by atoms with van der Waals surface area (Å²) in [5, 5.41) is 0.0728. The van der Waals surface area contributed by atoms with Gasteiger partial charge in [0.15, 0.2) is 0 Å². The zero-order valence-corrected chi connectivity index (χ0v) is 10.5. The molecule has 0 saturated carbocycles. The maximum Gasteiger partial charge on any atom is 0.0701 e. The monoisotopic (exact) mass is 235 g/mol. The Kier molecular flexibility index (Phi) is 6.57. The van der Waals surface area contributed by atoms with Gasteiger partial charge in [0.25, 0.3) is 0 Å². The zero-order valence-electron chi connectivity index (χ0n) is 9.75. The van der Waals surface area contributed by atoms with Gasteiger partial charge in [-0.2, -0.15) is 0 Å². The van der Waals surface area contributed by atoms with Crippen molar-refractivity contribution in [2.75, 3.05) is 40.5 Å². The number of likely N-dealkylation sites (N-methyl/N-ethyl adjacent to an activating group) is 1. The second kappa shape index (κ2) is 7.44. The summed E-state index contributed by atoms with van der Waals surface area (Å²) >= 11 is 6.09. The van der Waals surface area contributed by atoms with E-state index in [4.69, 9.17) is 21.1 Å². The summed E-state index contributed by atoms with van der Waals surface area (Å²) in [5.74, 6) is 0. The van der Waals surface area contributed by atoms with Crippen molar-refractivity contribution in [2.24, 2.45) is 0 Å². The van der Waals surface area contributed by atoms with Crippen LogP contribution in [0.25, 0.3) is 0 Å². The van der Waals surface area contributed by atoms with E-state index < -0.39 is 0 Å². The predicted octanol–water partition coefficient (Wildman–Crippen LogP) is 1.74. The molecular weight excluding hydrogens is 214 g/mol. The molecular formula is C11H22ClNO2. The lowest BCUT2D eigenvalue weighted by atomic mass is 10.1. The van der Waals surface area contributed by atoms with Gasteiger partial charge in [-0.15, -0.1) is 11.6 Å². The molecule has 0 aromatic rings. The molecule has 0 radical (unpaired) electrons. The molecule has 15 heavy (non-hydrogen) atoms. The van der Waals surface area contributed by atoms with Crippen LogP contribution in [0.1, 0.15) is 19.3 Å². The Hall–Kier alpha value is 0.170. The van der Waals surface area contributed by atoms with Crippen molar-refractivity contribution in [3.63, 3.8) is 0 Å². The fourth-order valence-corrected chi connectivity index (χ4v) is 2.31. The Labute approximate surface area is 97.7 Å². The Morgan fingerprint density at radius 3 is 2.93 bits per heavy atom. The third-order valence-electron chi connectivity index (χ3n) is 2.65. The normalized spacial score (nSPS) is 24.4. The highest BCUT2D eigenvalue weighted by Crippen LogP contribution is 2.13. The maximum absolute atomic E-state index is 6.09. The highest BCUT2D eigenvalue weighted by atomic mass is 35.5. The third kappa shape index (κ3) is 5.71. The first-order valence-corrected chi connectivity index (χ1v) is 6.09. The quantitative estimate of drug-likeness (QED) is 0.655. The fraction of sp³-hybridized carbons (Fsp3) is 1.00. The van der Waals surface area contributed by atoms with Crippen LogP contribution in [0.3, 0.4) is 0 Å². The number of alkyl halides is 1. The van der Waals surface area contributed by atoms with Crippen LogP contribution in [0.2, 0.25) is 0 Å². The SMILES string of the molecule is COCC(Cl)CN(C)CC1CCCCO1. The Balaban J connectivity index is 2.13. The molecule has 4 heteroatoms. The van der Waals surface area contributed by atoms with E-state index in [1.54, 1.807) is 7.11 Å². The van der Waals surface area contributed by atoms with Crippen molar-refractivity contribution in [1.29, 1.82) is 0 Å². The van der Waals surface area contributed by atoms with Gasteiger partial charge in [-0.1, -0.05) is 0 Å². The minimum atomic E-state index is 0.0728. The van der Waals surface area contributed by atoms with Crippen LogP contribution in [0, 0.1) is 0 Å². The van der Waals surface area contributed by atoms with E-state index in [-0.39, 0.29) is 5.38 Å². The van der Waals surface area contributed by atoms with E-state index in [0.29, 0.717) is 12.7 Å². The molecule has 0 aromatic carbocycles. The lowest BCUT2D eigenvalue weighted by Gasteiger charge is -2.28. The van der Waals surface area contributed by atoms with Gasteiger partial charge in [-0.05, 0) is 26.3 Å². The molecule has 0 amide bonds. The van der Waals surface area contributed by atoms with Crippen LogP contribution in [0.15, 0.2) is 0 Å². The fourth-order valence-electron chi connectivity index (χ4n) is 1.95. The molecule has 90 valence electrons. The van der Waals surface area contributed by atoms with Gasteiger partial charge in [0.1, 0.15) is 0 Å². The van der Waals surface area contributed by atoms with E-state index in [1.807, 2.05) is 0 Å². The molecule has 3 nitrogen and oxygen atoms in total. The van der Waals surface area contributed by atoms with E-state index in [9.17, 15) is 0 Å². The van der Waals surface area contributed by atoms with Crippen molar-refractivity contribution in [2.45, 2.75) is 30.7 Å². The lowest BCUT2D eigenvalue weighted by molar-refractivity contribution is -0.00210. The molecule has 0 bridgehead atoms. The largest absolute Gasteiger partial charge is 0.383 e. The number of rotatable bonds is 6. The summed E-state index contributed by atoms with van der Waals surface area (Å²) in [6.07, 6.45) is 4.08. The molecule has 0 N–H and O–H groups in total. The highest BCUT2D eigenvalue weighted by molar-refractivity contribution is 6.20. The number of hydrogen-bond donors (Lipinski definition) is 0. The summed E-state index contributed by atoms with van der Waals surface area (Å²) in [4.78, 5) is 2.23. The molecule has 0 aliphatic carbocycles. The molecule has 0 spiro atoms. The van der Waals surface area contributed by atoms with E-state index >= 15 is 0 Å². The van der Waals surface area contributed by atoms with E-state index in [0.717, 1.165) is 19.7 Å². The number of ether oxygens (including phenoxy) is 2. The molecule has 0 aromatic heterocycles. The van der Waals surface area contributed by atoms with Gasteiger partial charge in [0.2, 0.25) is 0 Å². The van der Waals surface area contributed by atoms with Gasteiger partial charge in [-0.3, -0.25) is 0 Å².